The van der Waals surface area contributed by atoms with Crippen molar-refractivity contribution in [3.05, 3.63) is 115 Å². The zero-order valence-corrected chi connectivity index (χ0v) is 20.3. The third kappa shape index (κ3) is 5.37. The van der Waals surface area contributed by atoms with E-state index in [1.807, 2.05) is 24.3 Å². The Morgan fingerprint density at radius 2 is 1.42 bits per heavy atom. The fraction of sp³-hybridized carbons (Fsp3) is 0.250. The second-order valence-electron chi connectivity index (χ2n) is 8.33. The Balaban J connectivity index is 1.70. The summed E-state index contributed by atoms with van der Waals surface area (Å²) in [6, 6.07) is 26.0. The van der Waals surface area contributed by atoms with Gasteiger partial charge in [0.2, 0.25) is 5.72 Å². The maximum atomic E-state index is 16.0. The van der Waals surface area contributed by atoms with Crippen molar-refractivity contribution in [3.8, 4) is 0 Å². The molecule has 4 rings (SSSR count). The van der Waals surface area contributed by atoms with Crippen molar-refractivity contribution in [2.75, 3.05) is 6.54 Å². The second-order valence-corrected chi connectivity index (χ2v) is 9.52. The van der Waals surface area contributed by atoms with Gasteiger partial charge in [-0.1, -0.05) is 84.9 Å². The van der Waals surface area contributed by atoms with Crippen molar-refractivity contribution in [1.29, 1.82) is 0 Å². The highest BCUT2D eigenvalue weighted by molar-refractivity contribution is 8.00. The Bertz CT molecular complexity index is 1150. The molecule has 0 saturated carbocycles. The zero-order valence-electron chi connectivity index (χ0n) is 19.5. The summed E-state index contributed by atoms with van der Waals surface area (Å²) in [6.45, 7) is 3.17. The van der Waals surface area contributed by atoms with Crippen LogP contribution in [0.15, 0.2) is 109 Å². The molecule has 0 radical (unpaired) electrons. The Morgan fingerprint density at radius 3 is 1.94 bits per heavy atom. The van der Waals surface area contributed by atoms with Crippen LogP contribution in [0.4, 0.5) is 8.78 Å². The summed E-state index contributed by atoms with van der Waals surface area (Å²) in [5.74, 6) is -0.792. The van der Waals surface area contributed by atoms with Crippen molar-refractivity contribution in [2.24, 2.45) is 0 Å². The minimum Gasteiger partial charge on any atom is -0.365 e. The second kappa shape index (κ2) is 11.3. The summed E-state index contributed by atoms with van der Waals surface area (Å²) in [4.78, 5) is 14.4. The summed E-state index contributed by atoms with van der Waals surface area (Å²) in [7, 11) is 0. The highest BCUT2D eigenvalue weighted by Crippen LogP contribution is 2.51. The molecule has 8 heteroatoms. The number of carbonyl (C=O) groups is 1. The van der Waals surface area contributed by atoms with E-state index < -0.39 is 29.1 Å². The number of thioether (sulfide) groups is 1. The van der Waals surface area contributed by atoms with Crippen LogP contribution in [0.25, 0.3) is 0 Å². The number of aliphatic hydroxyl groups is 1. The molecule has 1 aliphatic heterocycles. The maximum Gasteiger partial charge on any atom is 0.347 e. The van der Waals surface area contributed by atoms with Gasteiger partial charge in [0.15, 0.2) is 6.10 Å². The number of likely N-dealkylation sites (tertiary alicyclic amines) is 1. The lowest BCUT2D eigenvalue weighted by atomic mass is 10.1. The summed E-state index contributed by atoms with van der Waals surface area (Å²) in [5, 5.41) is 7.88. The Labute approximate surface area is 213 Å². The minimum atomic E-state index is -3.85. The van der Waals surface area contributed by atoms with Crippen molar-refractivity contribution in [3.63, 3.8) is 0 Å². The van der Waals surface area contributed by atoms with Crippen LogP contribution in [0.3, 0.4) is 0 Å². The predicted octanol–water partition coefficient (Wildman–Crippen LogP) is 5.26. The van der Waals surface area contributed by atoms with Crippen molar-refractivity contribution < 1.29 is 28.2 Å². The number of hydrogen-bond acceptors (Lipinski definition) is 5. The highest BCUT2D eigenvalue weighted by atomic mass is 32.2. The summed E-state index contributed by atoms with van der Waals surface area (Å²) in [5.41, 5.74) is -1.55. The number of halogens is 2. The molecule has 0 unspecified atom stereocenters. The third-order valence-corrected chi connectivity index (χ3v) is 6.93. The van der Waals surface area contributed by atoms with Crippen molar-refractivity contribution >= 4 is 17.7 Å². The predicted molar refractivity (Wildman–Crippen MR) is 134 cm³/mol. The fourth-order valence-electron chi connectivity index (χ4n) is 4.09. The average Bonchev–Trinajstić information content (AvgIpc) is 3.10. The van der Waals surface area contributed by atoms with Gasteiger partial charge in [0.05, 0.1) is 13.2 Å². The third-order valence-electron chi connectivity index (χ3n) is 5.87. The number of amides is 1. The molecule has 3 aromatic carbocycles. The molecule has 0 spiro atoms. The van der Waals surface area contributed by atoms with Gasteiger partial charge in [-0.3, -0.25) is 4.79 Å². The van der Waals surface area contributed by atoms with Gasteiger partial charge in [-0.05, 0) is 35.0 Å². The van der Waals surface area contributed by atoms with Gasteiger partial charge in [-0.25, -0.2) is 0 Å². The van der Waals surface area contributed by atoms with Gasteiger partial charge in [-0.15, -0.1) is 6.58 Å². The molecule has 1 fully saturated rings. The van der Waals surface area contributed by atoms with Gasteiger partial charge in [0.25, 0.3) is 5.91 Å². The monoisotopic (exact) mass is 511 g/mol. The first kappa shape index (κ1) is 26.0. The van der Waals surface area contributed by atoms with E-state index in [2.05, 4.69) is 6.58 Å². The van der Waals surface area contributed by atoms with Gasteiger partial charge in [0, 0.05) is 11.4 Å². The molecule has 0 aliphatic carbocycles. The van der Waals surface area contributed by atoms with Gasteiger partial charge in [-0.2, -0.15) is 8.78 Å². The molecule has 1 saturated heterocycles. The molecular weight excluding hydrogens is 484 g/mol. The van der Waals surface area contributed by atoms with Crippen LogP contribution in [-0.2, 0) is 27.5 Å². The Morgan fingerprint density at radius 1 is 0.917 bits per heavy atom. The van der Waals surface area contributed by atoms with Crippen LogP contribution in [0.5, 0.6) is 0 Å². The molecular formula is C28H27F2NO4S. The molecule has 1 amide bonds. The van der Waals surface area contributed by atoms with Crippen LogP contribution in [0, 0.1) is 0 Å². The number of alkyl halides is 2. The standard InChI is InChI=1S/C28H27F2NO4S/c1-2-18-31-26(32)24(34-19-21-12-6-3-7-13-21)25(35-20-22-14-8-4-9-15-22)27(31,33)28(29,30)36-23-16-10-5-11-17-23/h2-17,24-25,33H,1,18-20H2/t24-,25-,27-/m1/s1. The average molecular weight is 512 g/mol. The first-order valence-corrected chi connectivity index (χ1v) is 12.3. The quantitative estimate of drug-likeness (QED) is 0.281. The SMILES string of the molecule is C=CCN1C(=O)[C@H](OCc2ccccc2)[C@@H](OCc2ccccc2)[C@@]1(O)C(F)(F)Sc1ccccc1. The van der Waals surface area contributed by atoms with E-state index in [9.17, 15) is 9.90 Å². The number of benzene rings is 3. The van der Waals surface area contributed by atoms with Crippen molar-refractivity contribution in [1.82, 2.24) is 4.90 Å². The molecule has 36 heavy (non-hydrogen) atoms. The van der Waals surface area contributed by atoms with E-state index in [1.54, 1.807) is 54.6 Å². The number of nitrogens with zero attached hydrogens (tertiary/aromatic N) is 1. The van der Waals surface area contributed by atoms with Crippen LogP contribution in [0.2, 0.25) is 0 Å². The topological polar surface area (TPSA) is 59.0 Å². The summed E-state index contributed by atoms with van der Waals surface area (Å²) < 4.78 is 43.8. The van der Waals surface area contributed by atoms with E-state index in [1.165, 1.54) is 18.2 Å². The number of rotatable bonds is 11. The van der Waals surface area contributed by atoms with Gasteiger partial charge in [0.1, 0.15) is 6.10 Å². The number of carbonyl (C=O) groups excluding carboxylic acids is 1. The van der Waals surface area contributed by atoms with E-state index in [-0.39, 0.29) is 36.4 Å². The molecule has 0 bridgehead atoms. The molecule has 0 aromatic heterocycles. The van der Waals surface area contributed by atoms with Crippen LogP contribution >= 0.6 is 11.8 Å². The lowest BCUT2D eigenvalue weighted by Crippen LogP contribution is -2.63. The molecule has 1 aliphatic rings. The molecule has 5 nitrogen and oxygen atoms in total. The van der Waals surface area contributed by atoms with Crippen LogP contribution in [-0.4, -0.2) is 45.6 Å². The maximum absolute atomic E-state index is 16.0. The minimum absolute atomic E-state index is 0.0160. The smallest absolute Gasteiger partial charge is 0.347 e. The largest absolute Gasteiger partial charge is 0.365 e. The molecule has 1 N–H and O–H groups in total. The summed E-state index contributed by atoms with van der Waals surface area (Å²) in [6.07, 6.45) is -1.85. The molecule has 1 heterocycles. The fourth-order valence-corrected chi connectivity index (χ4v) is 5.06. The van der Waals surface area contributed by atoms with E-state index in [0.29, 0.717) is 10.5 Å². The molecule has 3 atom stereocenters. The Hall–Kier alpha value is -3.04. The summed E-state index contributed by atoms with van der Waals surface area (Å²) >= 11 is 0.168. The number of hydrogen-bond donors (Lipinski definition) is 1. The zero-order chi connectivity index (χ0) is 25.6. The number of ether oxygens (including phenoxy) is 2. The van der Waals surface area contributed by atoms with E-state index in [0.717, 1.165) is 5.56 Å². The lowest BCUT2D eigenvalue weighted by Gasteiger charge is -2.41. The lowest BCUT2D eigenvalue weighted by molar-refractivity contribution is -0.250. The van der Waals surface area contributed by atoms with Crippen molar-refractivity contribution in [2.45, 2.75) is 41.3 Å². The van der Waals surface area contributed by atoms with Crippen LogP contribution < -0.4 is 0 Å². The van der Waals surface area contributed by atoms with Gasteiger partial charge < -0.3 is 19.5 Å². The molecule has 188 valence electrons. The van der Waals surface area contributed by atoms with E-state index in [4.69, 9.17) is 9.47 Å². The van der Waals surface area contributed by atoms with E-state index >= 15 is 8.78 Å². The Kier molecular flexibility index (Phi) is 8.21. The normalized spacial score (nSPS) is 22.1. The first-order chi connectivity index (χ1) is 17.4. The highest BCUT2D eigenvalue weighted by Gasteiger charge is 2.71. The van der Waals surface area contributed by atoms with Crippen LogP contribution in [0.1, 0.15) is 11.1 Å². The van der Waals surface area contributed by atoms with Gasteiger partial charge >= 0.3 is 5.25 Å². The first-order valence-electron chi connectivity index (χ1n) is 11.4. The molecule has 3 aromatic rings.